The average Bonchev–Trinajstić information content (AvgIpc) is 2.48. The maximum atomic E-state index is 5.85. The van der Waals surface area contributed by atoms with Gasteiger partial charge in [0, 0.05) is 16.6 Å². The standard InChI is InChI=1S/C16H17Br2NO2/c1-19-9-11-3-4-12(14(17)7-11)10-21-16-6-5-13(20-2)8-15(16)18/h3-8,19H,9-10H2,1-2H3. The van der Waals surface area contributed by atoms with Gasteiger partial charge in [-0.15, -0.1) is 0 Å². The summed E-state index contributed by atoms with van der Waals surface area (Å²) in [4.78, 5) is 0. The molecular weight excluding hydrogens is 398 g/mol. The van der Waals surface area contributed by atoms with Gasteiger partial charge in [-0.3, -0.25) is 0 Å². The summed E-state index contributed by atoms with van der Waals surface area (Å²) in [5.74, 6) is 1.59. The van der Waals surface area contributed by atoms with E-state index < -0.39 is 0 Å². The fourth-order valence-electron chi connectivity index (χ4n) is 1.90. The van der Waals surface area contributed by atoms with E-state index in [0.717, 1.165) is 32.6 Å². The first-order chi connectivity index (χ1) is 10.1. The second kappa shape index (κ2) is 7.82. The van der Waals surface area contributed by atoms with Crippen LogP contribution in [-0.2, 0) is 13.2 Å². The molecule has 0 bridgehead atoms. The Balaban J connectivity index is 2.06. The zero-order chi connectivity index (χ0) is 15.2. The lowest BCUT2D eigenvalue weighted by Gasteiger charge is -2.11. The molecule has 0 saturated heterocycles. The van der Waals surface area contributed by atoms with Crippen LogP contribution < -0.4 is 14.8 Å². The summed E-state index contributed by atoms with van der Waals surface area (Å²) in [6.07, 6.45) is 0. The summed E-state index contributed by atoms with van der Waals surface area (Å²) in [7, 11) is 3.58. The Morgan fingerprint density at radius 3 is 2.48 bits per heavy atom. The Labute approximate surface area is 141 Å². The van der Waals surface area contributed by atoms with Crippen molar-refractivity contribution in [2.75, 3.05) is 14.2 Å². The molecule has 0 aromatic heterocycles. The van der Waals surface area contributed by atoms with Crippen molar-refractivity contribution in [2.45, 2.75) is 13.2 Å². The van der Waals surface area contributed by atoms with Crippen LogP contribution in [0, 0.1) is 0 Å². The molecule has 2 rings (SSSR count). The molecule has 0 fully saturated rings. The lowest BCUT2D eigenvalue weighted by atomic mass is 10.1. The van der Waals surface area contributed by atoms with E-state index in [9.17, 15) is 0 Å². The minimum absolute atomic E-state index is 0.505. The average molecular weight is 415 g/mol. The van der Waals surface area contributed by atoms with Crippen molar-refractivity contribution in [1.82, 2.24) is 5.32 Å². The topological polar surface area (TPSA) is 30.5 Å². The van der Waals surface area contributed by atoms with Crippen LogP contribution in [0.25, 0.3) is 0 Å². The molecule has 0 aliphatic heterocycles. The molecule has 0 amide bonds. The molecule has 0 spiro atoms. The third kappa shape index (κ3) is 4.46. The fourth-order valence-corrected chi connectivity index (χ4v) is 2.92. The van der Waals surface area contributed by atoms with Crippen molar-refractivity contribution in [2.24, 2.45) is 0 Å². The quantitative estimate of drug-likeness (QED) is 0.753. The smallest absolute Gasteiger partial charge is 0.134 e. The molecule has 112 valence electrons. The van der Waals surface area contributed by atoms with Crippen LogP contribution in [0.3, 0.4) is 0 Å². The van der Waals surface area contributed by atoms with Gasteiger partial charge in [0.2, 0.25) is 0 Å². The third-order valence-electron chi connectivity index (χ3n) is 3.02. The van der Waals surface area contributed by atoms with Gasteiger partial charge in [-0.05, 0) is 52.8 Å². The van der Waals surface area contributed by atoms with Crippen LogP contribution in [0.15, 0.2) is 45.3 Å². The Bertz CT molecular complexity index is 617. The Morgan fingerprint density at radius 1 is 1.05 bits per heavy atom. The maximum Gasteiger partial charge on any atom is 0.134 e. The molecule has 5 heteroatoms. The molecule has 3 nitrogen and oxygen atoms in total. The Kier molecular flexibility index (Phi) is 6.08. The predicted octanol–water partition coefficient (Wildman–Crippen LogP) is 4.52. The number of ether oxygens (including phenoxy) is 2. The van der Waals surface area contributed by atoms with Crippen LogP contribution in [0.2, 0.25) is 0 Å². The number of benzene rings is 2. The first-order valence-corrected chi connectivity index (χ1v) is 8.11. The molecule has 0 radical (unpaired) electrons. The van der Waals surface area contributed by atoms with Crippen molar-refractivity contribution in [3.8, 4) is 11.5 Å². The zero-order valence-corrected chi connectivity index (χ0v) is 15.1. The Hall–Kier alpha value is -1.04. The number of hydrogen-bond acceptors (Lipinski definition) is 3. The van der Waals surface area contributed by atoms with E-state index >= 15 is 0 Å². The van der Waals surface area contributed by atoms with E-state index in [4.69, 9.17) is 9.47 Å². The second-order valence-electron chi connectivity index (χ2n) is 4.54. The van der Waals surface area contributed by atoms with Crippen LogP contribution in [-0.4, -0.2) is 14.2 Å². The summed E-state index contributed by atoms with van der Waals surface area (Å²) < 4.78 is 13.0. The van der Waals surface area contributed by atoms with Crippen LogP contribution in [0.1, 0.15) is 11.1 Å². The van der Waals surface area contributed by atoms with Crippen molar-refractivity contribution in [1.29, 1.82) is 0 Å². The van der Waals surface area contributed by atoms with E-state index in [2.05, 4.69) is 55.4 Å². The van der Waals surface area contributed by atoms with Gasteiger partial charge in [0.1, 0.15) is 18.1 Å². The van der Waals surface area contributed by atoms with Gasteiger partial charge in [-0.2, -0.15) is 0 Å². The molecule has 0 aliphatic rings. The summed E-state index contributed by atoms with van der Waals surface area (Å²) in [6.45, 7) is 1.36. The third-order valence-corrected chi connectivity index (χ3v) is 4.38. The molecule has 2 aromatic carbocycles. The first kappa shape index (κ1) is 16.3. The zero-order valence-electron chi connectivity index (χ0n) is 12.0. The van der Waals surface area contributed by atoms with Gasteiger partial charge in [-0.25, -0.2) is 0 Å². The van der Waals surface area contributed by atoms with Gasteiger partial charge in [0.15, 0.2) is 0 Å². The summed E-state index contributed by atoms with van der Waals surface area (Å²) >= 11 is 7.08. The van der Waals surface area contributed by atoms with E-state index in [1.165, 1.54) is 5.56 Å². The van der Waals surface area contributed by atoms with E-state index in [1.807, 2.05) is 25.2 Å². The van der Waals surface area contributed by atoms with Crippen molar-refractivity contribution >= 4 is 31.9 Å². The maximum absolute atomic E-state index is 5.85. The van der Waals surface area contributed by atoms with Gasteiger partial charge in [-0.1, -0.05) is 28.1 Å². The van der Waals surface area contributed by atoms with E-state index in [0.29, 0.717) is 6.61 Å². The van der Waals surface area contributed by atoms with Crippen molar-refractivity contribution < 1.29 is 9.47 Å². The minimum Gasteiger partial charge on any atom is -0.497 e. The highest BCUT2D eigenvalue weighted by molar-refractivity contribution is 9.10. The summed E-state index contributed by atoms with van der Waals surface area (Å²) in [5, 5.41) is 3.14. The van der Waals surface area contributed by atoms with Gasteiger partial charge < -0.3 is 14.8 Å². The number of methoxy groups -OCH3 is 1. The fraction of sp³-hybridized carbons (Fsp3) is 0.250. The highest BCUT2D eigenvalue weighted by Gasteiger charge is 2.06. The monoisotopic (exact) mass is 413 g/mol. The molecular formula is C16H17Br2NO2. The molecule has 1 N–H and O–H groups in total. The molecule has 0 aliphatic carbocycles. The van der Waals surface area contributed by atoms with Crippen LogP contribution >= 0.6 is 31.9 Å². The van der Waals surface area contributed by atoms with Crippen molar-refractivity contribution in [3.63, 3.8) is 0 Å². The minimum atomic E-state index is 0.505. The SMILES string of the molecule is CNCc1ccc(COc2ccc(OC)cc2Br)c(Br)c1. The molecule has 2 aromatic rings. The highest BCUT2D eigenvalue weighted by atomic mass is 79.9. The van der Waals surface area contributed by atoms with Gasteiger partial charge in [0.25, 0.3) is 0 Å². The van der Waals surface area contributed by atoms with Crippen molar-refractivity contribution in [3.05, 3.63) is 56.5 Å². The highest BCUT2D eigenvalue weighted by Crippen LogP contribution is 2.30. The first-order valence-electron chi connectivity index (χ1n) is 6.52. The van der Waals surface area contributed by atoms with Gasteiger partial charge in [0.05, 0.1) is 11.6 Å². The normalized spacial score (nSPS) is 10.5. The summed E-state index contributed by atoms with van der Waals surface area (Å²) in [5.41, 5.74) is 2.34. The largest absolute Gasteiger partial charge is 0.497 e. The molecule has 0 saturated carbocycles. The Morgan fingerprint density at radius 2 is 1.86 bits per heavy atom. The predicted molar refractivity (Wildman–Crippen MR) is 91.9 cm³/mol. The molecule has 0 atom stereocenters. The van der Waals surface area contributed by atoms with E-state index in [1.54, 1.807) is 7.11 Å². The van der Waals surface area contributed by atoms with Crippen LogP contribution in [0.5, 0.6) is 11.5 Å². The number of hydrogen-bond donors (Lipinski definition) is 1. The number of halogens is 2. The van der Waals surface area contributed by atoms with Gasteiger partial charge >= 0.3 is 0 Å². The molecule has 0 unspecified atom stereocenters. The second-order valence-corrected chi connectivity index (χ2v) is 6.25. The lowest BCUT2D eigenvalue weighted by molar-refractivity contribution is 0.302. The molecule has 0 heterocycles. The van der Waals surface area contributed by atoms with Crippen LogP contribution in [0.4, 0.5) is 0 Å². The lowest BCUT2D eigenvalue weighted by Crippen LogP contribution is -2.05. The number of nitrogens with one attached hydrogen (secondary N) is 1. The molecule has 21 heavy (non-hydrogen) atoms. The van der Waals surface area contributed by atoms with E-state index in [-0.39, 0.29) is 0 Å². The summed E-state index contributed by atoms with van der Waals surface area (Å²) in [6, 6.07) is 12.0. The number of rotatable bonds is 6.